The van der Waals surface area contributed by atoms with Crippen molar-refractivity contribution in [1.29, 1.82) is 0 Å². The average molecular weight is 366 g/mol. The molecule has 0 radical (unpaired) electrons. The van der Waals surface area contributed by atoms with Crippen LogP contribution in [0.25, 0.3) is 6.08 Å². The van der Waals surface area contributed by atoms with Crippen molar-refractivity contribution in [2.45, 2.75) is 32.3 Å². The first-order valence-electron chi connectivity index (χ1n) is 9.08. The Morgan fingerprint density at radius 1 is 1.19 bits per heavy atom. The predicted molar refractivity (Wildman–Crippen MR) is 108 cm³/mol. The van der Waals surface area contributed by atoms with Gasteiger partial charge in [0.25, 0.3) is 0 Å². The van der Waals surface area contributed by atoms with E-state index in [-0.39, 0.29) is 17.4 Å². The Bertz CT molecular complexity index is 836. The molecular formula is C22H26N2O3. The zero-order valence-corrected chi connectivity index (χ0v) is 16.0. The zero-order valence-electron chi connectivity index (χ0n) is 16.0. The lowest BCUT2D eigenvalue weighted by Crippen LogP contribution is -2.35. The number of nitrogens with one attached hydrogen (secondary N) is 1. The molecule has 1 heterocycles. The molecule has 2 aromatic rings. The van der Waals surface area contributed by atoms with Crippen molar-refractivity contribution >= 4 is 17.7 Å². The minimum atomic E-state index is -0.202. The number of amides is 1. The summed E-state index contributed by atoms with van der Waals surface area (Å²) in [5.74, 6) is 1.05. The predicted octanol–water partition coefficient (Wildman–Crippen LogP) is 3.73. The smallest absolute Gasteiger partial charge is 0.248 e. The van der Waals surface area contributed by atoms with Gasteiger partial charge in [0.05, 0.1) is 0 Å². The molecule has 0 unspecified atom stereocenters. The van der Waals surface area contributed by atoms with Crippen molar-refractivity contribution in [2.24, 2.45) is 5.73 Å². The quantitative estimate of drug-likeness (QED) is 0.809. The van der Waals surface area contributed by atoms with E-state index in [1.807, 2.05) is 12.1 Å². The Labute approximate surface area is 160 Å². The standard InChI is InChI=1S/C22H26N2O3/c1-22(2,3)16-7-4-15(5-8-16)6-11-21(25)24-17-9-10-19-20(12-17)26-14-18(13-23)27-19/h4-12,18H,13-14,23H2,1-3H3,(H,24,25)/b11-6+/t18-/m1/s1. The highest BCUT2D eigenvalue weighted by atomic mass is 16.6. The van der Waals surface area contributed by atoms with E-state index in [0.29, 0.717) is 30.3 Å². The van der Waals surface area contributed by atoms with Crippen LogP contribution in [0.2, 0.25) is 0 Å². The van der Waals surface area contributed by atoms with E-state index in [2.05, 4.69) is 38.2 Å². The summed E-state index contributed by atoms with van der Waals surface area (Å²) in [5, 5.41) is 2.84. The molecule has 0 spiro atoms. The van der Waals surface area contributed by atoms with Gasteiger partial charge in [0.15, 0.2) is 11.5 Å². The number of fused-ring (bicyclic) bond motifs is 1. The largest absolute Gasteiger partial charge is 0.486 e. The van der Waals surface area contributed by atoms with Crippen molar-refractivity contribution in [3.8, 4) is 11.5 Å². The fraction of sp³-hybridized carbons (Fsp3) is 0.318. The Balaban J connectivity index is 1.62. The topological polar surface area (TPSA) is 73.6 Å². The average Bonchev–Trinajstić information content (AvgIpc) is 2.65. The Hall–Kier alpha value is -2.79. The van der Waals surface area contributed by atoms with Gasteiger partial charge in [-0.2, -0.15) is 0 Å². The molecule has 0 saturated carbocycles. The maximum Gasteiger partial charge on any atom is 0.248 e. The number of hydrogen-bond acceptors (Lipinski definition) is 4. The third-order valence-corrected chi connectivity index (χ3v) is 4.40. The lowest BCUT2D eigenvalue weighted by molar-refractivity contribution is -0.111. The van der Waals surface area contributed by atoms with Crippen LogP contribution in [-0.2, 0) is 10.2 Å². The molecule has 2 aromatic carbocycles. The summed E-state index contributed by atoms with van der Waals surface area (Å²) in [5.41, 5.74) is 8.61. The highest BCUT2D eigenvalue weighted by Crippen LogP contribution is 2.34. The van der Waals surface area contributed by atoms with Crippen LogP contribution in [0.15, 0.2) is 48.5 Å². The normalized spacial score (nSPS) is 16.4. The molecule has 1 amide bonds. The van der Waals surface area contributed by atoms with Crippen LogP contribution >= 0.6 is 0 Å². The SMILES string of the molecule is CC(C)(C)c1ccc(/C=C/C(=O)Nc2ccc3c(c2)OC[C@@H](CN)O3)cc1. The lowest BCUT2D eigenvalue weighted by Gasteiger charge is -2.25. The van der Waals surface area contributed by atoms with Crippen molar-refractivity contribution in [3.63, 3.8) is 0 Å². The molecule has 0 fully saturated rings. The van der Waals surface area contributed by atoms with Gasteiger partial charge >= 0.3 is 0 Å². The van der Waals surface area contributed by atoms with E-state index >= 15 is 0 Å². The highest BCUT2D eigenvalue weighted by Gasteiger charge is 2.20. The third-order valence-electron chi connectivity index (χ3n) is 4.40. The van der Waals surface area contributed by atoms with E-state index in [0.717, 1.165) is 5.56 Å². The summed E-state index contributed by atoms with van der Waals surface area (Å²) in [7, 11) is 0. The molecule has 0 aliphatic carbocycles. The number of carbonyl (C=O) groups excluding carboxylic acids is 1. The van der Waals surface area contributed by atoms with E-state index in [1.165, 1.54) is 11.6 Å². The zero-order chi connectivity index (χ0) is 19.4. The van der Waals surface area contributed by atoms with Gasteiger partial charge in [-0.3, -0.25) is 4.79 Å². The Kier molecular flexibility index (Phi) is 5.51. The second-order valence-electron chi connectivity index (χ2n) is 7.64. The van der Waals surface area contributed by atoms with Gasteiger partial charge in [-0.25, -0.2) is 0 Å². The molecule has 5 heteroatoms. The van der Waals surface area contributed by atoms with Crippen LogP contribution in [0, 0.1) is 0 Å². The van der Waals surface area contributed by atoms with Gasteiger partial charge in [0.1, 0.15) is 12.7 Å². The van der Waals surface area contributed by atoms with Crippen LogP contribution in [0.1, 0.15) is 31.9 Å². The first kappa shape index (κ1) is 19.0. The monoisotopic (exact) mass is 366 g/mol. The summed E-state index contributed by atoms with van der Waals surface area (Å²) in [6, 6.07) is 13.5. The van der Waals surface area contributed by atoms with E-state index in [1.54, 1.807) is 24.3 Å². The number of carbonyl (C=O) groups is 1. The van der Waals surface area contributed by atoms with Crippen LogP contribution < -0.4 is 20.5 Å². The number of rotatable bonds is 4. The fourth-order valence-corrected chi connectivity index (χ4v) is 2.76. The summed E-state index contributed by atoms with van der Waals surface area (Å²) in [6.45, 7) is 7.34. The molecule has 0 saturated heterocycles. The van der Waals surface area contributed by atoms with Gasteiger partial charge in [-0.15, -0.1) is 0 Å². The van der Waals surface area contributed by atoms with Crippen LogP contribution in [0.4, 0.5) is 5.69 Å². The van der Waals surface area contributed by atoms with Crippen LogP contribution in [-0.4, -0.2) is 25.2 Å². The van der Waals surface area contributed by atoms with Gasteiger partial charge in [-0.1, -0.05) is 45.0 Å². The van der Waals surface area contributed by atoms with Gasteiger partial charge in [0.2, 0.25) is 5.91 Å². The molecule has 142 valence electrons. The third kappa shape index (κ3) is 4.89. The van der Waals surface area contributed by atoms with Crippen LogP contribution in [0.3, 0.4) is 0 Å². The van der Waals surface area contributed by atoms with Gasteiger partial charge < -0.3 is 20.5 Å². The fourth-order valence-electron chi connectivity index (χ4n) is 2.76. The number of nitrogens with two attached hydrogens (primary N) is 1. The Morgan fingerprint density at radius 2 is 1.93 bits per heavy atom. The molecule has 1 aliphatic heterocycles. The maximum absolute atomic E-state index is 12.2. The number of anilines is 1. The molecular weight excluding hydrogens is 340 g/mol. The van der Waals surface area contributed by atoms with Crippen molar-refractivity contribution in [1.82, 2.24) is 0 Å². The number of ether oxygens (including phenoxy) is 2. The first-order chi connectivity index (χ1) is 12.8. The number of benzene rings is 2. The van der Waals surface area contributed by atoms with Crippen molar-refractivity contribution < 1.29 is 14.3 Å². The van der Waals surface area contributed by atoms with Crippen LogP contribution in [0.5, 0.6) is 11.5 Å². The van der Waals surface area contributed by atoms with Gasteiger partial charge in [0, 0.05) is 24.4 Å². The molecule has 1 atom stereocenters. The second kappa shape index (κ2) is 7.84. The summed E-state index contributed by atoms with van der Waals surface area (Å²) in [4.78, 5) is 12.2. The van der Waals surface area contributed by atoms with Crippen molar-refractivity contribution in [3.05, 3.63) is 59.7 Å². The summed E-state index contributed by atoms with van der Waals surface area (Å²) in [6.07, 6.45) is 3.18. The summed E-state index contributed by atoms with van der Waals surface area (Å²) >= 11 is 0. The maximum atomic E-state index is 12.2. The highest BCUT2D eigenvalue weighted by molar-refractivity contribution is 6.02. The summed E-state index contributed by atoms with van der Waals surface area (Å²) < 4.78 is 11.3. The molecule has 5 nitrogen and oxygen atoms in total. The molecule has 1 aliphatic rings. The second-order valence-corrected chi connectivity index (χ2v) is 7.64. The van der Waals surface area contributed by atoms with E-state index in [9.17, 15) is 4.79 Å². The minimum Gasteiger partial charge on any atom is -0.486 e. The van der Waals surface area contributed by atoms with E-state index in [4.69, 9.17) is 15.2 Å². The Morgan fingerprint density at radius 3 is 2.59 bits per heavy atom. The van der Waals surface area contributed by atoms with E-state index < -0.39 is 0 Å². The molecule has 3 rings (SSSR count). The first-order valence-corrected chi connectivity index (χ1v) is 9.08. The molecule has 0 bridgehead atoms. The lowest BCUT2D eigenvalue weighted by atomic mass is 9.87. The molecule has 3 N–H and O–H groups in total. The molecule has 27 heavy (non-hydrogen) atoms. The van der Waals surface area contributed by atoms with Crippen molar-refractivity contribution in [2.75, 3.05) is 18.5 Å². The molecule has 0 aromatic heterocycles. The number of hydrogen-bond donors (Lipinski definition) is 2. The van der Waals surface area contributed by atoms with Gasteiger partial charge in [-0.05, 0) is 34.8 Å². The minimum absolute atomic E-state index is 0.113.